The second-order valence-electron chi connectivity index (χ2n) is 4.78. The lowest BCUT2D eigenvalue weighted by Gasteiger charge is -2.23. The summed E-state index contributed by atoms with van der Waals surface area (Å²) in [6.07, 6.45) is 4.22. The topological polar surface area (TPSA) is 69.7 Å². The average Bonchev–Trinajstić information content (AvgIpc) is 3.03. The smallest absolute Gasteiger partial charge is 0.226 e. The van der Waals surface area contributed by atoms with E-state index in [-0.39, 0.29) is 5.28 Å². The Morgan fingerprint density at radius 3 is 3.26 bits per heavy atom. The minimum atomic E-state index is 0.234. The average molecular weight is 281 g/mol. The molecule has 0 aromatic carbocycles. The summed E-state index contributed by atoms with van der Waals surface area (Å²) < 4.78 is 0. The number of halogens is 1. The fraction of sp³-hybridized carbons (Fsp3) is 0.583. The third-order valence-electron chi connectivity index (χ3n) is 3.69. The summed E-state index contributed by atoms with van der Waals surface area (Å²) in [5.41, 5.74) is 0.668. The van der Waals surface area contributed by atoms with E-state index in [0.29, 0.717) is 11.7 Å². The Hall–Kier alpha value is -1.40. The van der Waals surface area contributed by atoms with Crippen LogP contribution in [0.5, 0.6) is 0 Å². The van der Waals surface area contributed by atoms with Gasteiger partial charge in [-0.05, 0) is 37.5 Å². The first kappa shape index (κ1) is 12.6. The molecule has 0 radical (unpaired) electrons. The summed E-state index contributed by atoms with van der Waals surface area (Å²) >= 11 is 5.91. The Kier molecular flexibility index (Phi) is 3.52. The van der Waals surface area contributed by atoms with Crippen molar-refractivity contribution in [1.29, 1.82) is 0 Å². The number of nitrogens with zero attached hydrogens (tertiary/aromatic N) is 4. The molecular formula is C12H17ClN6. The van der Waals surface area contributed by atoms with Gasteiger partial charge in [-0.2, -0.15) is 15.1 Å². The molecule has 2 aromatic heterocycles. The van der Waals surface area contributed by atoms with Crippen molar-refractivity contribution in [3.05, 3.63) is 11.5 Å². The van der Waals surface area contributed by atoms with Gasteiger partial charge in [0, 0.05) is 12.6 Å². The molecule has 2 aromatic rings. The maximum atomic E-state index is 5.91. The van der Waals surface area contributed by atoms with Crippen molar-refractivity contribution >= 4 is 28.5 Å². The minimum Gasteiger partial charge on any atom is -0.368 e. The number of likely N-dealkylation sites (tertiary alicyclic amines) is 1. The lowest BCUT2D eigenvalue weighted by atomic mass is 10.2. The van der Waals surface area contributed by atoms with Crippen LogP contribution in [0.25, 0.3) is 11.0 Å². The van der Waals surface area contributed by atoms with Gasteiger partial charge in [0.2, 0.25) is 5.28 Å². The Labute approximate surface area is 116 Å². The van der Waals surface area contributed by atoms with Crippen LogP contribution in [0.3, 0.4) is 0 Å². The molecule has 6 nitrogen and oxygen atoms in total. The van der Waals surface area contributed by atoms with Crippen LogP contribution in [0.1, 0.15) is 19.8 Å². The molecule has 0 saturated carbocycles. The zero-order chi connectivity index (χ0) is 13.2. The Bertz CT molecular complexity index is 568. The summed E-state index contributed by atoms with van der Waals surface area (Å²) in [5, 5.41) is 11.3. The second kappa shape index (κ2) is 5.30. The van der Waals surface area contributed by atoms with Gasteiger partial charge in [0.15, 0.2) is 5.65 Å². The maximum absolute atomic E-state index is 5.91. The van der Waals surface area contributed by atoms with Gasteiger partial charge in [-0.15, -0.1) is 0 Å². The van der Waals surface area contributed by atoms with Gasteiger partial charge in [0.1, 0.15) is 5.82 Å². The van der Waals surface area contributed by atoms with E-state index >= 15 is 0 Å². The lowest BCUT2D eigenvalue weighted by molar-refractivity contribution is 0.277. The molecular weight excluding hydrogens is 264 g/mol. The van der Waals surface area contributed by atoms with E-state index in [1.54, 1.807) is 6.20 Å². The summed E-state index contributed by atoms with van der Waals surface area (Å²) in [6.45, 7) is 5.36. The highest BCUT2D eigenvalue weighted by atomic mass is 35.5. The predicted octanol–water partition coefficient (Wildman–Crippen LogP) is 1.90. The van der Waals surface area contributed by atoms with Crippen LogP contribution < -0.4 is 5.32 Å². The number of rotatable bonds is 4. The monoisotopic (exact) mass is 280 g/mol. The molecule has 1 atom stereocenters. The lowest BCUT2D eigenvalue weighted by Crippen LogP contribution is -2.34. The van der Waals surface area contributed by atoms with Gasteiger partial charge in [-0.3, -0.25) is 10.00 Å². The SMILES string of the molecule is CCN1CCCC1CNc1nc(Cl)nc2[nH]ncc12. The third-order valence-corrected chi connectivity index (χ3v) is 3.86. The highest BCUT2D eigenvalue weighted by Crippen LogP contribution is 2.22. The molecule has 3 heterocycles. The van der Waals surface area contributed by atoms with E-state index < -0.39 is 0 Å². The molecule has 2 N–H and O–H groups in total. The molecule has 1 aliphatic rings. The number of hydrogen-bond donors (Lipinski definition) is 2. The molecule has 102 valence electrons. The first-order chi connectivity index (χ1) is 9.28. The molecule has 1 aliphatic heterocycles. The summed E-state index contributed by atoms with van der Waals surface area (Å²) in [6, 6.07) is 0.570. The van der Waals surface area contributed by atoms with Crippen LogP contribution in [-0.4, -0.2) is 50.7 Å². The van der Waals surface area contributed by atoms with Crippen molar-refractivity contribution < 1.29 is 0 Å². The fourth-order valence-electron chi connectivity index (χ4n) is 2.70. The number of H-pyrrole nitrogens is 1. The second-order valence-corrected chi connectivity index (χ2v) is 5.12. The molecule has 0 amide bonds. The molecule has 0 spiro atoms. The van der Waals surface area contributed by atoms with E-state index in [0.717, 1.165) is 24.3 Å². The van der Waals surface area contributed by atoms with Crippen LogP contribution in [0, 0.1) is 0 Å². The van der Waals surface area contributed by atoms with Crippen molar-refractivity contribution in [2.75, 3.05) is 25.0 Å². The molecule has 1 fully saturated rings. The summed E-state index contributed by atoms with van der Waals surface area (Å²) in [4.78, 5) is 10.8. The predicted molar refractivity (Wildman–Crippen MR) is 75.5 cm³/mol. The highest BCUT2D eigenvalue weighted by molar-refractivity contribution is 6.28. The van der Waals surface area contributed by atoms with Crippen molar-refractivity contribution in [2.45, 2.75) is 25.8 Å². The highest BCUT2D eigenvalue weighted by Gasteiger charge is 2.23. The van der Waals surface area contributed by atoms with Crippen molar-refractivity contribution in [2.24, 2.45) is 0 Å². The minimum absolute atomic E-state index is 0.234. The fourth-order valence-corrected chi connectivity index (χ4v) is 2.87. The molecule has 0 aliphatic carbocycles. The largest absolute Gasteiger partial charge is 0.368 e. The molecule has 3 rings (SSSR count). The summed E-state index contributed by atoms with van der Waals surface area (Å²) in [7, 11) is 0. The van der Waals surface area contributed by atoms with E-state index in [4.69, 9.17) is 11.6 Å². The van der Waals surface area contributed by atoms with E-state index in [1.165, 1.54) is 19.4 Å². The zero-order valence-electron chi connectivity index (χ0n) is 10.9. The number of anilines is 1. The van der Waals surface area contributed by atoms with Gasteiger partial charge in [-0.25, -0.2) is 0 Å². The first-order valence-corrected chi connectivity index (χ1v) is 7.00. The molecule has 1 unspecified atom stereocenters. The third kappa shape index (κ3) is 2.50. The molecule has 1 saturated heterocycles. The van der Waals surface area contributed by atoms with Gasteiger partial charge >= 0.3 is 0 Å². The standard InChI is InChI=1S/C12H17ClN6/c1-2-19-5-3-4-8(19)6-14-10-9-7-15-18-11(9)17-12(13)16-10/h7-8H,2-6H2,1H3,(H2,14,15,16,17,18). The van der Waals surface area contributed by atoms with E-state index in [9.17, 15) is 0 Å². The van der Waals surface area contributed by atoms with Crippen molar-refractivity contribution in [3.63, 3.8) is 0 Å². The van der Waals surface area contributed by atoms with Gasteiger partial charge < -0.3 is 5.32 Å². The van der Waals surface area contributed by atoms with E-state index in [2.05, 4.69) is 37.3 Å². The zero-order valence-corrected chi connectivity index (χ0v) is 11.6. The summed E-state index contributed by atoms with van der Waals surface area (Å²) in [5.74, 6) is 0.756. The van der Waals surface area contributed by atoms with Crippen LogP contribution in [-0.2, 0) is 0 Å². The van der Waals surface area contributed by atoms with Crippen molar-refractivity contribution in [3.8, 4) is 0 Å². The van der Waals surface area contributed by atoms with Gasteiger partial charge in [-0.1, -0.05) is 6.92 Å². The van der Waals surface area contributed by atoms with Crippen LogP contribution in [0.15, 0.2) is 6.20 Å². The number of nitrogens with one attached hydrogen (secondary N) is 2. The number of hydrogen-bond acceptors (Lipinski definition) is 5. The number of aromatic amines is 1. The molecule has 0 bridgehead atoms. The molecule has 7 heteroatoms. The van der Waals surface area contributed by atoms with Crippen LogP contribution >= 0.6 is 11.6 Å². The van der Waals surface area contributed by atoms with Crippen molar-refractivity contribution in [1.82, 2.24) is 25.1 Å². The van der Waals surface area contributed by atoms with Gasteiger partial charge in [0.25, 0.3) is 0 Å². The Balaban J connectivity index is 1.76. The van der Waals surface area contributed by atoms with Gasteiger partial charge in [0.05, 0.1) is 11.6 Å². The number of aromatic nitrogens is 4. The molecule has 19 heavy (non-hydrogen) atoms. The number of likely N-dealkylation sites (N-methyl/N-ethyl adjacent to an activating group) is 1. The van der Waals surface area contributed by atoms with Crippen LogP contribution in [0.4, 0.5) is 5.82 Å². The maximum Gasteiger partial charge on any atom is 0.226 e. The van der Waals surface area contributed by atoms with E-state index in [1.807, 2.05) is 0 Å². The first-order valence-electron chi connectivity index (χ1n) is 6.62. The van der Waals surface area contributed by atoms with Crippen LogP contribution in [0.2, 0.25) is 5.28 Å². The normalized spacial score (nSPS) is 20.2. The Morgan fingerprint density at radius 1 is 1.53 bits per heavy atom. The Morgan fingerprint density at radius 2 is 2.42 bits per heavy atom. The quantitative estimate of drug-likeness (QED) is 0.837. The number of fused-ring (bicyclic) bond motifs is 1.